The Morgan fingerprint density at radius 1 is 1.32 bits per heavy atom. The fourth-order valence-electron chi connectivity index (χ4n) is 2.30. The Hall–Kier alpha value is -2.40. The van der Waals surface area contributed by atoms with Crippen LogP contribution in [0.15, 0.2) is 41.6 Å². The molecule has 0 saturated carbocycles. The number of allylic oxidation sites excluding steroid dienone is 3. The lowest BCUT2D eigenvalue weighted by Crippen LogP contribution is -2.12. The summed E-state index contributed by atoms with van der Waals surface area (Å²) in [4.78, 5) is 4.34. The van der Waals surface area contributed by atoms with E-state index in [-0.39, 0.29) is 0 Å². The molecule has 0 bridgehead atoms. The normalized spacial score (nSPS) is 12.2. The molecular formula is C20H27FN2O2. The number of hydrogen-bond acceptors (Lipinski definition) is 4. The number of ether oxygens (including phenoxy) is 2. The minimum atomic E-state index is -0.438. The van der Waals surface area contributed by atoms with Gasteiger partial charge >= 0.3 is 0 Å². The van der Waals surface area contributed by atoms with Crippen molar-refractivity contribution in [3.05, 3.63) is 53.5 Å². The van der Waals surface area contributed by atoms with Gasteiger partial charge in [0.05, 0.1) is 17.9 Å². The van der Waals surface area contributed by atoms with E-state index in [1.54, 1.807) is 20.2 Å². The first-order valence-corrected chi connectivity index (χ1v) is 8.18. The van der Waals surface area contributed by atoms with Crippen molar-refractivity contribution in [3.8, 4) is 5.75 Å². The van der Waals surface area contributed by atoms with Crippen LogP contribution in [0.1, 0.15) is 31.9 Å². The predicted octanol–water partition coefficient (Wildman–Crippen LogP) is 4.92. The van der Waals surface area contributed by atoms with Crippen LogP contribution in [0.3, 0.4) is 0 Å². The summed E-state index contributed by atoms with van der Waals surface area (Å²) in [5, 5.41) is 3.13. The second-order valence-corrected chi connectivity index (χ2v) is 5.28. The van der Waals surface area contributed by atoms with E-state index < -0.39 is 5.82 Å². The predicted molar refractivity (Wildman–Crippen MR) is 103 cm³/mol. The van der Waals surface area contributed by atoms with Gasteiger partial charge in [0.25, 0.3) is 0 Å². The van der Waals surface area contributed by atoms with Crippen molar-refractivity contribution in [3.63, 3.8) is 0 Å². The molecule has 0 aromatic heterocycles. The maximum atomic E-state index is 14.8. The van der Waals surface area contributed by atoms with E-state index in [1.807, 2.05) is 39.0 Å². The number of benzene rings is 1. The van der Waals surface area contributed by atoms with Gasteiger partial charge in [-0.1, -0.05) is 18.7 Å². The number of aliphatic imine (C=N–C) groups is 1. The van der Waals surface area contributed by atoms with E-state index in [9.17, 15) is 4.39 Å². The van der Waals surface area contributed by atoms with Crippen LogP contribution in [0, 0.1) is 12.7 Å². The Kier molecular flexibility index (Phi) is 8.64. The first-order valence-electron chi connectivity index (χ1n) is 8.18. The van der Waals surface area contributed by atoms with Crippen LogP contribution in [0.2, 0.25) is 0 Å². The summed E-state index contributed by atoms with van der Waals surface area (Å²) >= 11 is 0. The average Bonchev–Trinajstić information content (AvgIpc) is 2.58. The summed E-state index contributed by atoms with van der Waals surface area (Å²) in [6.07, 6.45) is 7.30. The quantitative estimate of drug-likeness (QED) is 0.392. The molecule has 0 saturated heterocycles. The summed E-state index contributed by atoms with van der Waals surface area (Å²) in [5.41, 5.74) is 2.86. The molecule has 1 N–H and O–H groups in total. The number of nitrogens with one attached hydrogen (secondary N) is 1. The largest absolute Gasteiger partial charge is 0.491 e. The van der Waals surface area contributed by atoms with Crippen molar-refractivity contribution >= 4 is 17.6 Å². The molecule has 0 unspecified atom stereocenters. The molecule has 1 rings (SSSR count). The summed E-state index contributed by atoms with van der Waals surface area (Å²) in [7, 11) is 1.59. The Morgan fingerprint density at radius 3 is 2.60 bits per heavy atom. The van der Waals surface area contributed by atoms with Crippen molar-refractivity contribution in [1.82, 2.24) is 5.32 Å². The molecule has 0 fully saturated rings. The fraction of sp³-hybridized carbons (Fsp3) is 0.350. The second kappa shape index (κ2) is 10.5. The van der Waals surface area contributed by atoms with Crippen molar-refractivity contribution in [2.45, 2.75) is 27.7 Å². The van der Waals surface area contributed by atoms with Gasteiger partial charge in [-0.3, -0.25) is 4.99 Å². The van der Waals surface area contributed by atoms with Crippen molar-refractivity contribution < 1.29 is 13.9 Å². The van der Waals surface area contributed by atoms with Crippen LogP contribution in [0.4, 0.5) is 10.1 Å². The molecule has 0 spiro atoms. The van der Waals surface area contributed by atoms with Crippen LogP contribution in [0.5, 0.6) is 5.75 Å². The Labute approximate surface area is 149 Å². The Bertz CT molecular complexity index is 691. The molecule has 4 nitrogen and oxygen atoms in total. The van der Waals surface area contributed by atoms with E-state index in [0.29, 0.717) is 35.9 Å². The van der Waals surface area contributed by atoms with Gasteiger partial charge in [-0.25, -0.2) is 4.39 Å². The molecule has 136 valence electrons. The molecule has 0 heterocycles. The number of nitrogens with zero attached hydrogens (tertiary/aromatic N) is 1. The minimum absolute atomic E-state index is 0.332. The van der Waals surface area contributed by atoms with Gasteiger partial charge in [0.1, 0.15) is 18.2 Å². The molecular weight excluding hydrogens is 319 g/mol. The number of methoxy groups -OCH3 is 1. The van der Waals surface area contributed by atoms with Crippen molar-refractivity contribution in [2.75, 3.05) is 20.3 Å². The van der Waals surface area contributed by atoms with Crippen LogP contribution in [-0.2, 0) is 4.74 Å². The van der Waals surface area contributed by atoms with E-state index >= 15 is 0 Å². The summed E-state index contributed by atoms with van der Waals surface area (Å²) in [6, 6.07) is 1.37. The third kappa shape index (κ3) is 5.57. The van der Waals surface area contributed by atoms with Crippen molar-refractivity contribution in [1.29, 1.82) is 0 Å². The SMILES string of the molecule is C=C(NC(/C=C\C)=C/C)c1c(F)cc(OCCOC)c(C)c1N=CC. The van der Waals surface area contributed by atoms with E-state index in [1.165, 1.54) is 6.07 Å². The zero-order valence-electron chi connectivity index (χ0n) is 15.6. The zero-order valence-corrected chi connectivity index (χ0v) is 15.6. The van der Waals surface area contributed by atoms with Gasteiger partial charge in [0, 0.05) is 36.3 Å². The van der Waals surface area contributed by atoms with Crippen LogP contribution in [0.25, 0.3) is 5.70 Å². The highest BCUT2D eigenvalue weighted by Crippen LogP contribution is 2.37. The molecule has 0 aliphatic carbocycles. The Morgan fingerprint density at radius 2 is 2.04 bits per heavy atom. The molecule has 0 atom stereocenters. The first-order chi connectivity index (χ1) is 12.0. The van der Waals surface area contributed by atoms with Crippen LogP contribution in [-0.4, -0.2) is 26.5 Å². The lowest BCUT2D eigenvalue weighted by atomic mass is 10.0. The van der Waals surface area contributed by atoms with E-state index in [2.05, 4.69) is 16.9 Å². The minimum Gasteiger partial charge on any atom is -0.491 e. The molecule has 1 aromatic carbocycles. The first kappa shape index (κ1) is 20.6. The lowest BCUT2D eigenvalue weighted by Gasteiger charge is -2.18. The third-order valence-electron chi connectivity index (χ3n) is 3.52. The third-order valence-corrected chi connectivity index (χ3v) is 3.52. The molecule has 0 aliphatic heterocycles. The molecule has 25 heavy (non-hydrogen) atoms. The highest BCUT2D eigenvalue weighted by molar-refractivity contribution is 5.80. The number of rotatable bonds is 9. The van der Waals surface area contributed by atoms with Gasteiger partial charge in [-0.05, 0) is 33.8 Å². The monoisotopic (exact) mass is 346 g/mol. The molecule has 1 aromatic rings. The van der Waals surface area contributed by atoms with Crippen molar-refractivity contribution in [2.24, 2.45) is 4.99 Å². The van der Waals surface area contributed by atoms with Gasteiger partial charge < -0.3 is 14.8 Å². The molecule has 0 amide bonds. The smallest absolute Gasteiger partial charge is 0.138 e. The zero-order chi connectivity index (χ0) is 18.8. The standard InChI is InChI=1S/C20H27FN2O2/c1-7-10-16(8-2)23-15(5)19-17(21)13-18(25-12-11-24-6)14(4)20(19)22-9-3/h7-10,13,23H,5,11-12H2,1-4,6H3/b10-7-,16-8+,22-9?. The lowest BCUT2D eigenvalue weighted by molar-refractivity contribution is 0.146. The van der Waals surface area contributed by atoms with E-state index in [0.717, 1.165) is 11.3 Å². The van der Waals surface area contributed by atoms with Gasteiger partial charge in [0.2, 0.25) is 0 Å². The highest BCUT2D eigenvalue weighted by Gasteiger charge is 2.19. The summed E-state index contributed by atoms with van der Waals surface area (Å²) < 4.78 is 25.4. The van der Waals surface area contributed by atoms with Gasteiger partial charge in [0.15, 0.2) is 0 Å². The summed E-state index contributed by atoms with van der Waals surface area (Å²) in [6.45, 7) is 12.2. The van der Waals surface area contributed by atoms with E-state index in [4.69, 9.17) is 9.47 Å². The van der Waals surface area contributed by atoms with Crippen LogP contribution >= 0.6 is 0 Å². The average molecular weight is 346 g/mol. The maximum Gasteiger partial charge on any atom is 0.138 e. The topological polar surface area (TPSA) is 42.8 Å². The Balaban J connectivity index is 3.30. The highest BCUT2D eigenvalue weighted by atomic mass is 19.1. The molecule has 0 radical (unpaired) electrons. The van der Waals surface area contributed by atoms with Gasteiger partial charge in [-0.2, -0.15) is 0 Å². The molecule has 5 heteroatoms. The number of halogens is 1. The second-order valence-electron chi connectivity index (χ2n) is 5.28. The summed E-state index contributed by atoms with van der Waals surface area (Å²) in [5.74, 6) is 0.0125. The number of hydrogen-bond donors (Lipinski definition) is 1. The van der Waals surface area contributed by atoms with Gasteiger partial charge in [-0.15, -0.1) is 0 Å². The van der Waals surface area contributed by atoms with Crippen LogP contribution < -0.4 is 10.1 Å². The molecule has 0 aliphatic rings. The fourth-order valence-corrected chi connectivity index (χ4v) is 2.30. The maximum absolute atomic E-state index is 14.8.